The maximum atomic E-state index is 5.90. The average molecular weight is 255 g/mol. The number of nitrogens with one attached hydrogen (secondary N) is 1. The van der Waals surface area contributed by atoms with E-state index in [2.05, 4.69) is 17.1 Å². The van der Waals surface area contributed by atoms with Gasteiger partial charge in [-0.15, -0.1) is 0 Å². The van der Waals surface area contributed by atoms with Gasteiger partial charge in [0, 0.05) is 37.2 Å². The highest BCUT2D eigenvalue weighted by Crippen LogP contribution is 2.17. The molecule has 1 N–H and O–H groups in total. The van der Waals surface area contributed by atoms with Gasteiger partial charge in [-0.3, -0.25) is 4.90 Å². The zero-order valence-corrected chi connectivity index (χ0v) is 10.9. The molecule has 1 aliphatic rings. The monoisotopic (exact) mass is 254 g/mol. The Hall–Kier alpha value is -0.770. The minimum atomic E-state index is 0.590. The third-order valence-corrected chi connectivity index (χ3v) is 3.32. The first-order valence-corrected chi connectivity index (χ1v) is 6.46. The number of ether oxygens (including phenoxy) is 1. The predicted octanol–water partition coefficient (Wildman–Crippen LogP) is 2.01. The topological polar surface area (TPSA) is 24.5 Å². The zero-order valence-electron chi connectivity index (χ0n) is 10.2. The summed E-state index contributed by atoms with van der Waals surface area (Å²) in [7, 11) is 0. The van der Waals surface area contributed by atoms with E-state index < -0.39 is 0 Å². The highest BCUT2D eigenvalue weighted by Gasteiger charge is 2.16. The lowest BCUT2D eigenvalue weighted by molar-refractivity contribution is 0.143. The Kier molecular flexibility index (Phi) is 4.66. The van der Waals surface area contributed by atoms with Gasteiger partial charge in [-0.05, 0) is 25.1 Å². The molecule has 1 heterocycles. The molecule has 4 heteroatoms. The van der Waals surface area contributed by atoms with Crippen molar-refractivity contribution in [2.75, 3.05) is 32.8 Å². The second kappa shape index (κ2) is 6.24. The van der Waals surface area contributed by atoms with Crippen LogP contribution >= 0.6 is 11.6 Å². The quantitative estimate of drug-likeness (QED) is 0.890. The summed E-state index contributed by atoms with van der Waals surface area (Å²) in [6.45, 7) is 7.16. The normalized spacial score (nSPS) is 21.4. The standard InChI is InChI=1S/C13H19ClN2O/c1-11-10-15-5-6-16(11)7-8-17-13-4-2-3-12(14)9-13/h2-4,9,11,15H,5-8,10H2,1H3. The molecular weight excluding hydrogens is 236 g/mol. The third-order valence-electron chi connectivity index (χ3n) is 3.08. The molecular formula is C13H19ClN2O. The Bertz CT molecular complexity index is 359. The average Bonchev–Trinajstić information content (AvgIpc) is 2.32. The van der Waals surface area contributed by atoms with Crippen molar-refractivity contribution in [2.24, 2.45) is 0 Å². The molecule has 0 saturated carbocycles. The minimum Gasteiger partial charge on any atom is -0.492 e. The van der Waals surface area contributed by atoms with E-state index in [1.165, 1.54) is 0 Å². The number of halogens is 1. The van der Waals surface area contributed by atoms with E-state index >= 15 is 0 Å². The van der Waals surface area contributed by atoms with E-state index in [4.69, 9.17) is 16.3 Å². The van der Waals surface area contributed by atoms with Crippen LogP contribution in [0.15, 0.2) is 24.3 Å². The molecule has 0 aromatic heterocycles. The first kappa shape index (κ1) is 12.7. The Morgan fingerprint density at radius 2 is 2.41 bits per heavy atom. The fourth-order valence-corrected chi connectivity index (χ4v) is 2.23. The van der Waals surface area contributed by atoms with Crippen molar-refractivity contribution in [3.8, 4) is 5.75 Å². The second-order valence-corrected chi connectivity index (χ2v) is 4.83. The van der Waals surface area contributed by atoms with Crippen molar-refractivity contribution in [2.45, 2.75) is 13.0 Å². The van der Waals surface area contributed by atoms with Gasteiger partial charge in [-0.2, -0.15) is 0 Å². The van der Waals surface area contributed by atoms with Crippen molar-refractivity contribution in [1.29, 1.82) is 0 Å². The summed E-state index contributed by atoms with van der Waals surface area (Å²) in [5.74, 6) is 0.847. The molecule has 1 saturated heterocycles. The van der Waals surface area contributed by atoms with Gasteiger partial charge in [-0.1, -0.05) is 17.7 Å². The number of hydrogen-bond donors (Lipinski definition) is 1. The fraction of sp³-hybridized carbons (Fsp3) is 0.538. The van der Waals surface area contributed by atoms with Gasteiger partial charge in [0.15, 0.2) is 0 Å². The molecule has 17 heavy (non-hydrogen) atoms. The first-order valence-electron chi connectivity index (χ1n) is 6.09. The summed E-state index contributed by atoms with van der Waals surface area (Å²) in [6, 6.07) is 8.14. The van der Waals surface area contributed by atoms with Crippen molar-refractivity contribution < 1.29 is 4.74 Å². The molecule has 1 unspecified atom stereocenters. The SMILES string of the molecule is CC1CNCCN1CCOc1cccc(Cl)c1. The number of benzene rings is 1. The van der Waals surface area contributed by atoms with Gasteiger partial charge >= 0.3 is 0 Å². The van der Waals surface area contributed by atoms with Crippen molar-refractivity contribution in [3.63, 3.8) is 0 Å². The van der Waals surface area contributed by atoms with Crippen LogP contribution < -0.4 is 10.1 Å². The van der Waals surface area contributed by atoms with Crippen molar-refractivity contribution >= 4 is 11.6 Å². The van der Waals surface area contributed by atoms with Crippen LogP contribution in [-0.2, 0) is 0 Å². The Morgan fingerprint density at radius 1 is 1.53 bits per heavy atom. The summed E-state index contributed by atoms with van der Waals surface area (Å²) in [6.07, 6.45) is 0. The molecule has 0 bridgehead atoms. The number of piperazine rings is 1. The lowest BCUT2D eigenvalue weighted by atomic mass is 10.2. The smallest absolute Gasteiger partial charge is 0.120 e. The number of nitrogens with zero attached hydrogens (tertiary/aromatic N) is 1. The molecule has 1 fully saturated rings. The van der Waals surface area contributed by atoms with Crippen molar-refractivity contribution in [1.82, 2.24) is 10.2 Å². The summed E-state index contributed by atoms with van der Waals surface area (Å²) >= 11 is 5.90. The van der Waals surface area contributed by atoms with Crippen LogP contribution in [0, 0.1) is 0 Å². The largest absolute Gasteiger partial charge is 0.492 e. The minimum absolute atomic E-state index is 0.590. The fourth-order valence-electron chi connectivity index (χ4n) is 2.05. The summed E-state index contributed by atoms with van der Waals surface area (Å²) < 4.78 is 5.69. The lowest BCUT2D eigenvalue weighted by Gasteiger charge is -2.33. The van der Waals surface area contributed by atoms with E-state index in [0.29, 0.717) is 12.6 Å². The van der Waals surface area contributed by atoms with Gasteiger partial charge < -0.3 is 10.1 Å². The Labute approximate surface area is 108 Å². The molecule has 0 aliphatic carbocycles. The van der Waals surface area contributed by atoms with Crippen LogP contribution in [0.5, 0.6) is 5.75 Å². The lowest BCUT2D eigenvalue weighted by Crippen LogP contribution is -2.50. The molecule has 94 valence electrons. The van der Waals surface area contributed by atoms with Crippen LogP contribution in [0.1, 0.15) is 6.92 Å². The maximum Gasteiger partial charge on any atom is 0.120 e. The van der Waals surface area contributed by atoms with Gasteiger partial charge in [-0.25, -0.2) is 0 Å². The maximum absolute atomic E-state index is 5.90. The van der Waals surface area contributed by atoms with E-state index in [1.807, 2.05) is 24.3 Å². The summed E-state index contributed by atoms with van der Waals surface area (Å²) in [4.78, 5) is 2.45. The second-order valence-electron chi connectivity index (χ2n) is 4.39. The number of hydrogen-bond acceptors (Lipinski definition) is 3. The van der Waals surface area contributed by atoms with E-state index in [-0.39, 0.29) is 0 Å². The van der Waals surface area contributed by atoms with E-state index in [9.17, 15) is 0 Å². The first-order chi connectivity index (χ1) is 8.25. The zero-order chi connectivity index (χ0) is 12.1. The number of rotatable bonds is 4. The van der Waals surface area contributed by atoms with Crippen molar-refractivity contribution in [3.05, 3.63) is 29.3 Å². The van der Waals surface area contributed by atoms with E-state index in [0.717, 1.165) is 37.0 Å². The van der Waals surface area contributed by atoms with Gasteiger partial charge in [0.25, 0.3) is 0 Å². The molecule has 1 atom stereocenters. The van der Waals surface area contributed by atoms with Crippen LogP contribution in [0.2, 0.25) is 5.02 Å². The summed E-state index contributed by atoms with van der Waals surface area (Å²) in [5, 5.41) is 4.10. The third kappa shape index (κ3) is 3.87. The molecule has 2 rings (SSSR count). The highest BCUT2D eigenvalue weighted by atomic mass is 35.5. The van der Waals surface area contributed by atoms with Crippen LogP contribution in [0.4, 0.5) is 0 Å². The van der Waals surface area contributed by atoms with Gasteiger partial charge in [0.1, 0.15) is 12.4 Å². The molecule has 0 spiro atoms. The molecule has 1 aromatic rings. The van der Waals surface area contributed by atoms with Gasteiger partial charge in [0.05, 0.1) is 0 Å². The predicted molar refractivity (Wildman–Crippen MR) is 70.9 cm³/mol. The molecule has 1 aliphatic heterocycles. The van der Waals surface area contributed by atoms with Crippen LogP contribution in [-0.4, -0.2) is 43.7 Å². The molecule has 1 aromatic carbocycles. The van der Waals surface area contributed by atoms with Crippen LogP contribution in [0.3, 0.4) is 0 Å². The molecule has 0 amide bonds. The Balaban J connectivity index is 1.75. The molecule has 3 nitrogen and oxygen atoms in total. The van der Waals surface area contributed by atoms with E-state index in [1.54, 1.807) is 0 Å². The Morgan fingerprint density at radius 3 is 3.18 bits per heavy atom. The van der Waals surface area contributed by atoms with Crippen LogP contribution in [0.25, 0.3) is 0 Å². The van der Waals surface area contributed by atoms with Gasteiger partial charge in [0.2, 0.25) is 0 Å². The highest BCUT2D eigenvalue weighted by molar-refractivity contribution is 6.30. The summed E-state index contributed by atoms with van der Waals surface area (Å²) in [5.41, 5.74) is 0. The molecule has 0 radical (unpaired) electrons.